The average molecular weight is 578 g/mol. The van der Waals surface area contributed by atoms with Crippen LogP contribution in [0.5, 0.6) is 0 Å². The van der Waals surface area contributed by atoms with Gasteiger partial charge in [-0.3, -0.25) is 9.59 Å². The molecule has 0 heterocycles. The maximum atomic E-state index is 13.0. The van der Waals surface area contributed by atoms with Crippen LogP contribution in [-0.2, 0) is 14.3 Å². The first-order chi connectivity index (χ1) is 20.5. The molecule has 7 heteroatoms. The zero-order valence-corrected chi connectivity index (χ0v) is 25.7. The third-order valence-electron chi connectivity index (χ3n) is 8.08. The molecule has 0 aromatic heterocycles. The number of unbranched alkanes of at least 4 members (excludes halogenated alkanes) is 10. The minimum Gasteiger partial charge on any atom is -0.449 e. The van der Waals surface area contributed by atoms with Gasteiger partial charge in [-0.05, 0) is 47.9 Å². The van der Waals surface area contributed by atoms with E-state index in [9.17, 15) is 14.4 Å². The molecule has 0 spiro atoms. The maximum Gasteiger partial charge on any atom is 0.407 e. The largest absolute Gasteiger partial charge is 0.449 e. The lowest BCUT2D eigenvalue weighted by Crippen LogP contribution is -2.47. The third kappa shape index (κ3) is 11.1. The van der Waals surface area contributed by atoms with E-state index in [4.69, 9.17) is 4.74 Å². The van der Waals surface area contributed by atoms with Crippen molar-refractivity contribution in [3.63, 3.8) is 0 Å². The number of benzene rings is 2. The number of rotatable bonds is 20. The summed E-state index contributed by atoms with van der Waals surface area (Å²) in [5.41, 5.74) is 4.64. The molecular weight excluding hydrogens is 526 g/mol. The normalized spacial score (nSPS) is 12.7. The van der Waals surface area contributed by atoms with Crippen molar-refractivity contribution >= 4 is 17.9 Å². The molecule has 2 aromatic rings. The molecule has 3 N–H and O–H groups in total. The van der Waals surface area contributed by atoms with Crippen LogP contribution in [0.1, 0.15) is 114 Å². The summed E-state index contributed by atoms with van der Waals surface area (Å²) in [4.78, 5) is 37.1. The average Bonchev–Trinajstić information content (AvgIpc) is 3.31. The van der Waals surface area contributed by atoms with E-state index in [1.165, 1.54) is 69.4 Å². The van der Waals surface area contributed by atoms with E-state index in [2.05, 4.69) is 47.1 Å². The maximum absolute atomic E-state index is 13.0. The van der Waals surface area contributed by atoms with Crippen LogP contribution < -0.4 is 16.0 Å². The number of hydrogen-bond acceptors (Lipinski definition) is 4. The van der Waals surface area contributed by atoms with Gasteiger partial charge in [-0.2, -0.15) is 0 Å². The standard InChI is InChI=1S/C35H51N3O4/c1-3-4-5-6-7-8-9-10-11-17-25-37-34(40)33(23-16-18-24-36-27(2)39)38-35(41)42-26-32-30-21-14-12-19-28(30)29-20-13-15-22-31(29)32/h12-15,19-22,32-33H,3-11,16-18,23-26H2,1-2H3,(H,36,39)(H,37,40)(H,38,41). The molecule has 230 valence electrons. The Kier molecular flexibility index (Phi) is 15.0. The molecular formula is C35H51N3O4. The van der Waals surface area contributed by atoms with Crippen molar-refractivity contribution < 1.29 is 19.1 Å². The SMILES string of the molecule is CCCCCCCCCCCCNC(=O)C(CCCCNC(C)=O)NC(=O)OCC1c2ccccc2-c2ccccc21. The highest BCUT2D eigenvalue weighted by Crippen LogP contribution is 2.44. The highest BCUT2D eigenvalue weighted by Gasteiger charge is 2.29. The first-order valence-corrected chi connectivity index (χ1v) is 16.1. The molecule has 0 aliphatic heterocycles. The van der Waals surface area contributed by atoms with Crippen LogP contribution in [0.4, 0.5) is 4.79 Å². The zero-order chi connectivity index (χ0) is 30.0. The lowest BCUT2D eigenvalue weighted by atomic mass is 9.98. The van der Waals surface area contributed by atoms with Crippen LogP contribution in [0.2, 0.25) is 0 Å². The van der Waals surface area contributed by atoms with Crippen molar-refractivity contribution in [1.82, 2.24) is 16.0 Å². The van der Waals surface area contributed by atoms with E-state index < -0.39 is 12.1 Å². The number of amides is 3. The van der Waals surface area contributed by atoms with Crippen molar-refractivity contribution in [3.05, 3.63) is 59.7 Å². The quantitative estimate of drug-likeness (QED) is 0.145. The molecule has 0 radical (unpaired) electrons. The Hall–Kier alpha value is -3.35. The van der Waals surface area contributed by atoms with Gasteiger partial charge >= 0.3 is 6.09 Å². The Morgan fingerprint density at radius 3 is 1.83 bits per heavy atom. The van der Waals surface area contributed by atoms with Crippen molar-refractivity contribution in [2.45, 2.75) is 109 Å². The van der Waals surface area contributed by atoms with E-state index >= 15 is 0 Å². The summed E-state index contributed by atoms with van der Waals surface area (Å²) >= 11 is 0. The molecule has 1 unspecified atom stereocenters. The topological polar surface area (TPSA) is 96.5 Å². The van der Waals surface area contributed by atoms with Crippen molar-refractivity contribution in [1.29, 1.82) is 0 Å². The highest BCUT2D eigenvalue weighted by atomic mass is 16.5. The second kappa shape index (κ2) is 19.0. The molecule has 1 atom stereocenters. The smallest absolute Gasteiger partial charge is 0.407 e. The van der Waals surface area contributed by atoms with Crippen molar-refractivity contribution in [3.8, 4) is 11.1 Å². The molecule has 42 heavy (non-hydrogen) atoms. The van der Waals surface area contributed by atoms with Crippen LogP contribution in [0, 0.1) is 0 Å². The van der Waals surface area contributed by atoms with Gasteiger partial charge in [0, 0.05) is 25.9 Å². The molecule has 7 nitrogen and oxygen atoms in total. The number of carbonyl (C=O) groups is 3. The summed E-state index contributed by atoms with van der Waals surface area (Å²) in [5, 5.41) is 8.62. The molecule has 1 aliphatic rings. The van der Waals surface area contributed by atoms with Crippen molar-refractivity contribution in [2.24, 2.45) is 0 Å². The minimum atomic E-state index is -0.680. The minimum absolute atomic E-state index is 0.0376. The van der Waals surface area contributed by atoms with Crippen LogP contribution in [0.15, 0.2) is 48.5 Å². The number of hydrogen-bond donors (Lipinski definition) is 3. The summed E-state index contributed by atoms with van der Waals surface area (Å²) in [6.45, 7) is 5.09. The number of nitrogens with one attached hydrogen (secondary N) is 3. The molecule has 3 amide bonds. The van der Waals surface area contributed by atoms with Gasteiger partial charge < -0.3 is 20.7 Å². The van der Waals surface area contributed by atoms with E-state index in [-0.39, 0.29) is 24.3 Å². The summed E-state index contributed by atoms with van der Waals surface area (Å²) < 4.78 is 5.70. The Bertz CT molecular complexity index is 1070. The molecule has 0 bridgehead atoms. The van der Waals surface area contributed by atoms with Crippen LogP contribution in [0.25, 0.3) is 11.1 Å². The zero-order valence-electron chi connectivity index (χ0n) is 25.7. The van der Waals surface area contributed by atoms with Gasteiger partial charge in [-0.15, -0.1) is 0 Å². The number of fused-ring (bicyclic) bond motifs is 3. The fourth-order valence-electron chi connectivity index (χ4n) is 5.74. The Morgan fingerprint density at radius 2 is 1.24 bits per heavy atom. The molecule has 0 fully saturated rings. The second-order valence-electron chi connectivity index (χ2n) is 11.5. The second-order valence-corrected chi connectivity index (χ2v) is 11.5. The van der Waals surface area contributed by atoms with Crippen LogP contribution in [-0.4, -0.2) is 43.6 Å². The monoisotopic (exact) mass is 577 g/mol. The molecule has 2 aromatic carbocycles. The summed E-state index contributed by atoms with van der Waals surface area (Å²) in [7, 11) is 0. The molecule has 1 aliphatic carbocycles. The van der Waals surface area contributed by atoms with E-state index in [0.29, 0.717) is 25.9 Å². The molecule has 3 rings (SSSR count). The van der Waals surface area contributed by atoms with Gasteiger partial charge in [-0.25, -0.2) is 4.79 Å². The van der Waals surface area contributed by atoms with Gasteiger partial charge in [0.1, 0.15) is 12.6 Å². The highest BCUT2D eigenvalue weighted by molar-refractivity contribution is 5.85. The predicted molar refractivity (Wildman–Crippen MR) is 169 cm³/mol. The van der Waals surface area contributed by atoms with Gasteiger partial charge in [0.25, 0.3) is 0 Å². The first-order valence-electron chi connectivity index (χ1n) is 16.1. The lowest BCUT2D eigenvalue weighted by Gasteiger charge is -2.20. The van der Waals surface area contributed by atoms with Gasteiger partial charge in [0.15, 0.2) is 0 Å². The van der Waals surface area contributed by atoms with E-state index in [0.717, 1.165) is 30.4 Å². The predicted octanol–water partition coefficient (Wildman–Crippen LogP) is 7.24. The summed E-state index contributed by atoms with van der Waals surface area (Å²) in [5.74, 6) is -0.291. The number of carbonyl (C=O) groups excluding carboxylic acids is 3. The summed E-state index contributed by atoms with van der Waals surface area (Å²) in [6, 6.07) is 15.8. The molecule has 0 saturated carbocycles. The van der Waals surface area contributed by atoms with E-state index in [1.54, 1.807) is 0 Å². The Balaban J connectivity index is 1.44. The van der Waals surface area contributed by atoms with Crippen LogP contribution >= 0.6 is 0 Å². The lowest BCUT2D eigenvalue weighted by molar-refractivity contribution is -0.123. The van der Waals surface area contributed by atoms with Crippen LogP contribution in [0.3, 0.4) is 0 Å². The van der Waals surface area contributed by atoms with E-state index in [1.807, 2.05) is 24.3 Å². The number of alkyl carbamates (subject to hydrolysis) is 1. The van der Waals surface area contributed by atoms with Gasteiger partial charge in [0.05, 0.1) is 0 Å². The number of ether oxygens (including phenoxy) is 1. The fourth-order valence-corrected chi connectivity index (χ4v) is 5.74. The molecule has 0 saturated heterocycles. The van der Waals surface area contributed by atoms with Gasteiger partial charge in [0.2, 0.25) is 11.8 Å². The Labute approximate surface area is 252 Å². The summed E-state index contributed by atoms with van der Waals surface area (Å²) in [6.07, 6.45) is 13.7. The first kappa shape index (κ1) is 33.2. The third-order valence-corrected chi connectivity index (χ3v) is 8.08. The fraction of sp³-hybridized carbons (Fsp3) is 0.571. The van der Waals surface area contributed by atoms with Crippen molar-refractivity contribution in [2.75, 3.05) is 19.7 Å². The Morgan fingerprint density at radius 1 is 0.714 bits per heavy atom. The van der Waals surface area contributed by atoms with Gasteiger partial charge in [-0.1, -0.05) is 113 Å².